The van der Waals surface area contributed by atoms with Crippen LogP contribution in [-0.4, -0.2) is 14.2 Å². The van der Waals surface area contributed by atoms with Gasteiger partial charge in [-0.1, -0.05) is 18.2 Å². The van der Waals surface area contributed by atoms with Crippen molar-refractivity contribution in [3.05, 3.63) is 53.6 Å². The summed E-state index contributed by atoms with van der Waals surface area (Å²) in [5.74, 6) is 2.43. The van der Waals surface area contributed by atoms with Crippen molar-refractivity contribution in [2.75, 3.05) is 14.2 Å². The molecule has 3 rings (SSSR count). The summed E-state index contributed by atoms with van der Waals surface area (Å²) in [6, 6.07) is 13.5. The molecule has 0 aliphatic carbocycles. The van der Waals surface area contributed by atoms with Crippen LogP contribution in [-0.2, 0) is 0 Å². The molecule has 0 saturated carbocycles. The lowest BCUT2D eigenvalue weighted by molar-refractivity contribution is 0.157. The van der Waals surface area contributed by atoms with E-state index in [0.29, 0.717) is 6.42 Å². The van der Waals surface area contributed by atoms with E-state index in [2.05, 4.69) is 0 Å². The van der Waals surface area contributed by atoms with Gasteiger partial charge in [0, 0.05) is 23.6 Å². The van der Waals surface area contributed by atoms with Gasteiger partial charge >= 0.3 is 0 Å². The Bertz CT molecular complexity index is 642. The van der Waals surface area contributed by atoms with Crippen LogP contribution in [0.5, 0.6) is 17.2 Å². The SMILES string of the molecule is COc1ccc2c(c1)[C@H](N)CC(c1ccccc1OC)O2. The van der Waals surface area contributed by atoms with E-state index in [4.69, 9.17) is 19.9 Å². The number of fused-ring (bicyclic) bond motifs is 1. The molecule has 0 amide bonds. The molecule has 0 radical (unpaired) electrons. The molecule has 0 spiro atoms. The molecule has 0 aromatic heterocycles. The number of hydrogen-bond donors (Lipinski definition) is 1. The van der Waals surface area contributed by atoms with Crippen LogP contribution in [0.3, 0.4) is 0 Å². The van der Waals surface area contributed by atoms with Crippen molar-refractivity contribution in [2.45, 2.75) is 18.6 Å². The van der Waals surface area contributed by atoms with Gasteiger partial charge in [-0.25, -0.2) is 0 Å². The van der Waals surface area contributed by atoms with Crippen molar-refractivity contribution in [2.24, 2.45) is 5.73 Å². The first-order valence-electron chi connectivity index (χ1n) is 6.96. The number of ether oxygens (including phenoxy) is 3. The predicted octanol–water partition coefficient (Wildman–Crippen LogP) is 3.23. The average Bonchev–Trinajstić information content (AvgIpc) is 2.54. The second-order valence-corrected chi connectivity index (χ2v) is 5.09. The fourth-order valence-electron chi connectivity index (χ4n) is 2.73. The Kier molecular flexibility index (Phi) is 3.71. The van der Waals surface area contributed by atoms with Crippen molar-refractivity contribution >= 4 is 0 Å². The van der Waals surface area contributed by atoms with Crippen LogP contribution in [0.2, 0.25) is 0 Å². The Labute approximate surface area is 124 Å². The Hall–Kier alpha value is -2.20. The van der Waals surface area contributed by atoms with Gasteiger partial charge in [0.1, 0.15) is 23.4 Å². The Morgan fingerprint density at radius 2 is 1.86 bits per heavy atom. The minimum atomic E-state index is -0.1000. The number of hydrogen-bond acceptors (Lipinski definition) is 4. The van der Waals surface area contributed by atoms with Gasteiger partial charge in [-0.05, 0) is 24.3 Å². The van der Waals surface area contributed by atoms with Crippen molar-refractivity contribution < 1.29 is 14.2 Å². The summed E-state index contributed by atoms with van der Waals surface area (Å²) < 4.78 is 16.8. The highest BCUT2D eigenvalue weighted by atomic mass is 16.5. The second-order valence-electron chi connectivity index (χ2n) is 5.09. The van der Waals surface area contributed by atoms with E-state index in [1.165, 1.54) is 0 Å². The monoisotopic (exact) mass is 285 g/mol. The third-order valence-electron chi connectivity index (χ3n) is 3.84. The van der Waals surface area contributed by atoms with Crippen molar-refractivity contribution in [3.63, 3.8) is 0 Å². The molecule has 2 aromatic rings. The largest absolute Gasteiger partial charge is 0.497 e. The molecule has 1 heterocycles. The highest BCUT2D eigenvalue weighted by Gasteiger charge is 2.29. The number of para-hydroxylation sites is 1. The van der Waals surface area contributed by atoms with Gasteiger partial charge in [0.25, 0.3) is 0 Å². The second kappa shape index (κ2) is 5.66. The molecule has 2 atom stereocenters. The van der Waals surface area contributed by atoms with Crippen LogP contribution < -0.4 is 19.9 Å². The van der Waals surface area contributed by atoms with E-state index in [-0.39, 0.29) is 12.1 Å². The van der Waals surface area contributed by atoms with Crippen LogP contribution in [0.15, 0.2) is 42.5 Å². The molecular weight excluding hydrogens is 266 g/mol. The summed E-state index contributed by atoms with van der Waals surface area (Å²) in [6.45, 7) is 0. The molecule has 1 aliphatic rings. The van der Waals surface area contributed by atoms with Gasteiger partial charge < -0.3 is 19.9 Å². The summed E-state index contributed by atoms with van der Waals surface area (Å²) >= 11 is 0. The zero-order chi connectivity index (χ0) is 14.8. The molecule has 0 bridgehead atoms. The Balaban J connectivity index is 1.95. The maximum absolute atomic E-state index is 6.31. The first-order valence-corrected chi connectivity index (χ1v) is 6.96. The first kappa shape index (κ1) is 13.8. The lowest BCUT2D eigenvalue weighted by atomic mass is 9.93. The summed E-state index contributed by atoms with van der Waals surface area (Å²) in [5, 5.41) is 0. The Morgan fingerprint density at radius 1 is 1.05 bits per heavy atom. The number of methoxy groups -OCH3 is 2. The summed E-state index contributed by atoms with van der Waals surface area (Å²) in [4.78, 5) is 0. The fraction of sp³-hybridized carbons (Fsp3) is 0.294. The Morgan fingerprint density at radius 3 is 2.62 bits per heavy atom. The van der Waals surface area contributed by atoms with Gasteiger partial charge in [-0.15, -0.1) is 0 Å². The first-order chi connectivity index (χ1) is 10.2. The maximum Gasteiger partial charge on any atom is 0.129 e. The summed E-state index contributed by atoms with van der Waals surface area (Å²) in [6.07, 6.45) is 0.609. The molecule has 2 aromatic carbocycles. The molecule has 0 fully saturated rings. The van der Waals surface area contributed by atoms with Gasteiger partial charge in [0.2, 0.25) is 0 Å². The summed E-state index contributed by atoms with van der Waals surface area (Å²) in [5.41, 5.74) is 8.32. The molecular formula is C17H19NO3. The fourth-order valence-corrected chi connectivity index (χ4v) is 2.73. The smallest absolute Gasteiger partial charge is 0.129 e. The van der Waals surface area contributed by atoms with E-state index < -0.39 is 0 Å². The van der Waals surface area contributed by atoms with Crippen LogP contribution in [0, 0.1) is 0 Å². The van der Waals surface area contributed by atoms with E-state index in [1.807, 2.05) is 42.5 Å². The molecule has 1 unspecified atom stereocenters. The van der Waals surface area contributed by atoms with Crippen molar-refractivity contribution in [1.29, 1.82) is 0 Å². The zero-order valence-corrected chi connectivity index (χ0v) is 12.2. The minimum Gasteiger partial charge on any atom is -0.497 e. The lowest BCUT2D eigenvalue weighted by Crippen LogP contribution is -2.24. The van der Waals surface area contributed by atoms with Gasteiger partial charge in [-0.3, -0.25) is 0 Å². The third-order valence-corrected chi connectivity index (χ3v) is 3.84. The van der Waals surface area contributed by atoms with Crippen LogP contribution >= 0.6 is 0 Å². The number of benzene rings is 2. The van der Waals surface area contributed by atoms with E-state index in [0.717, 1.165) is 28.4 Å². The topological polar surface area (TPSA) is 53.7 Å². The standard InChI is InChI=1S/C17H19NO3/c1-19-11-7-8-16-13(9-11)14(18)10-17(21-16)12-5-3-4-6-15(12)20-2/h3-9,14,17H,10,18H2,1-2H3/t14-,17?/m1/s1. The number of rotatable bonds is 3. The molecule has 110 valence electrons. The molecule has 2 N–H and O–H groups in total. The van der Waals surface area contributed by atoms with E-state index >= 15 is 0 Å². The molecule has 21 heavy (non-hydrogen) atoms. The van der Waals surface area contributed by atoms with Gasteiger partial charge in [0.15, 0.2) is 0 Å². The van der Waals surface area contributed by atoms with Crippen LogP contribution in [0.1, 0.15) is 29.7 Å². The molecule has 4 heteroatoms. The zero-order valence-electron chi connectivity index (χ0n) is 12.2. The minimum absolute atomic E-state index is 0.0845. The van der Waals surface area contributed by atoms with Crippen molar-refractivity contribution in [1.82, 2.24) is 0 Å². The highest BCUT2D eigenvalue weighted by molar-refractivity contribution is 5.45. The van der Waals surface area contributed by atoms with Crippen LogP contribution in [0.25, 0.3) is 0 Å². The van der Waals surface area contributed by atoms with Crippen LogP contribution in [0.4, 0.5) is 0 Å². The average molecular weight is 285 g/mol. The quantitative estimate of drug-likeness (QED) is 0.940. The van der Waals surface area contributed by atoms with Crippen molar-refractivity contribution in [3.8, 4) is 17.2 Å². The highest BCUT2D eigenvalue weighted by Crippen LogP contribution is 2.43. The lowest BCUT2D eigenvalue weighted by Gasteiger charge is -2.31. The van der Waals surface area contributed by atoms with Gasteiger partial charge in [0.05, 0.1) is 14.2 Å². The third kappa shape index (κ3) is 2.54. The summed E-state index contributed by atoms with van der Waals surface area (Å²) in [7, 11) is 3.31. The van der Waals surface area contributed by atoms with Gasteiger partial charge in [-0.2, -0.15) is 0 Å². The van der Waals surface area contributed by atoms with E-state index in [1.54, 1.807) is 14.2 Å². The van der Waals surface area contributed by atoms with E-state index in [9.17, 15) is 0 Å². The molecule has 1 aliphatic heterocycles. The number of nitrogens with two attached hydrogens (primary N) is 1. The normalized spacial score (nSPS) is 20.3. The predicted molar refractivity (Wildman–Crippen MR) is 80.9 cm³/mol. The molecule has 0 saturated heterocycles. The maximum atomic E-state index is 6.31. The molecule has 4 nitrogen and oxygen atoms in total.